The van der Waals surface area contributed by atoms with Crippen LogP contribution in [0.1, 0.15) is 48.9 Å². The topological polar surface area (TPSA) is 27.7 Å². The Balaban J connectivity index is 1.51. The van der Waals surface area contributed by atoms with E-state index in [0.29, 0.717) is 34.8 Å². The summed E-state index contributed by atoms with van der Waals surface area (Å²) in [5.41, 5.74) is 3.93. The molecule has 0 N–H and O–H groups in total. The Hall–Kier alpha value is -3.12. The van der Waals surface area contributed by atoms with Crippen LogP contribution in [0.25, 0.3) is 0 Å². The summed E-state index contributed by atoms with van der Waals surface area (Å²) >= 11 is 12.5. The van der Waals surface area contributed by atoms with E-state index in [-0.39, 0.29) is 24.0 Å². The number of halogens is 4. The lowest BCUT2D eigenvalue weighted by Gasteiger charge is -2.35. The van der Waals surface area contributed by atoms with Gasteiger partial charge in [-0.25, -0.2) is 8.78 Å². The quantitative estimate of drug-likeness (QED) is 0.107. The number of rotatable bonds is 18. The standard InChI is InChI=1S/C38H42Cl2F2O3/c1-37(31-9-13-33(39)14-10-31,19-17-29-5-3-7-35(25-29)44-23-21-41)27-43-28-38(2,32-11-15-34(40)16-12-32)20-18-30-6-4-8-36(26-30)45-24-22-42/h3-16,25-26H,17-24,27-28H2,1-2H3. The number of hydrogen-bond acceptors (Lipinski definition) is 3. The van der Waals surface area contributed by atoms with E-state index >= 15 is 0 Å². The minimum atomic E-state index is -0.521. The van der Waals surface area contributed by atoms with Gasteiger partial charge < -0.3 is 14.2 Å². The molecule has 0 spiro atoms. The van der Waals surface area contributed by atoms with Gasteiger partial charge in [0.25, 0.3) is 0 Å². The molecule has 240 valence electrons. The van der Waals surface area contributed by atoms with Gasteiger partial charge in [0.1, 0.15) is 38.1 Å². The fourth-order valence-corrected chi connectivity index (χ4v) is 5.79. The Labute approximate surface area is 276 Å². The van der Waals surface area contributed by atoms with Crippen LogP contribution in [0.15, 0.2) is 97.1 Å². The molecule has 2 atom stereocenters. The van der Waals surface area contributed by atoms with E-state index in [9.17, 15) is 8.78 Å². The van der Waals surface area contributed by atoms with Crippen molar-refractivity contribution in [1.29, 1.82) is 0 Å². The minimum Gasteiger partial charge on any atom is -0.491 e. The lowest BCUT2D eigenvalue weighted by atomic mass is 9.77. The van der Waals surface area contributed by atoms with E-state index in [2.05, 4.69) is 50.2 Å². The largest absolute Gasteiger partial charge is 0.491 e. The molecule has 0 radical (unpaired) electrons. The van der Waals surface area contributed by atoms with Crippen LogP contribution in [-0.4, -0.2) is 39.8 Å². The highest BCUT2D eigenvalue weighted by molar-refractivity contribution is 6.30. The Morgan fingerprint density at radius 2 is 0.978 bits per heavy atom. The van der Waals surface area contributed by atoms with Gasteiger partial charge in [-0.15, -0.1) is 0 Å². The lowest BCUT2D eigenvalue weighted by molar-refractivity contribution is 0.0485. The molecule has 7 heteroatoms. The summed E-state index contributed by atoms with van der Waals surface area (Å²) in [6.07, 6.45) is 3.24. The maximum Gasteiger partial charge on any atom is 0.123 e. The molecule has 0 amide bonds. The van der Waals surface area contributed by atoms with Gasteiger partial charge in [0.05, 0.1) is 13.2 Å². The van der Waals surface area contributed by atoms with E-state index in [0.717, 1.165) is 47.9 Å². The van der Waals surface area contributed by atoms with Crippen LogP contribution in [0.3, 0.4) is 0 Å². The first-order valence-corrected chi connectivity index (χ1v) is 16.1. The highest BCUT2D eigenvalue weighted by Crippen LogP contribution is 2.35. The number of hydrogen-bond donors (Lipinski definition) is 0. The SMILES string of the molecule is CC(CCc1cccc(OCCF)c1)(COCC(C)(CCc1cccc(OCCF)c1)c1ccc(Cl)cc1)c1ccc(Cl)cc1. The van der Waals surface area contributed by atoms with Gasteiger partial charge in [-0.3, -0.25) is 0 Å². The van der Waals surface area contributed by atoms with Crippen molar-refractivity contribution >= 4 is 23.2 Å². The zero-order valence-corrected chi connectivity index (χ0v) is 27.6. The van der Waals surface area contributed by atoms with Crippen molar-refractivity contribution in [2.45, 2.75) is 50.4 Å². The molecule has 4 aromatic rings. The monoisotopic (exact) mass is 654 g/mol. The molecule has 0 saturated carbocycles. The lowest BCUT2D eigenvalue weighted by Crippen LogP contribution is -2.34. The molecule has 0 aromatic heterocycles. The number of aryl methyl sites for hydroxylation is 2. The molecule has 2 unspecified atom stereocenters. The molecule has 3 nitrogen and oxygen atoms in total. The van der Waals surface area contributed by atoms with Crippen molar-refractivity contribution in [2.75, 3.05) is 39.8 Å². The van der Waals surface area contributed by atoms with Crippen LogP contribution in [0, 0.1) is 0 Å². The first-order valence-electron chi connectivity index (χ1n) is 15.4. The fourth-order valence-electron chi connectivity index (χ4n) is 5.54. The van der Waals surface area contributed by atoms with Crippen LogP contribution in [0.5, 0.6) is 11.5 Å². The molecule has 4 rings (SSSR count). The van der Waals surface area contributed by atoms with E-state index in [1.165, 1.54) is 0 Å². The van der Waals surface area contributed by atoms with Gasteiger partial charge in [-0.2, -0.15) is 0 Å². The molecule has 0 aliphatic heterocycles. The third-order valence-corrected chi connectivity index (χ3v) is 8.85. The van der Waals surface area contributed by atoms with Crippen LogP contribution in [0.2, 0.25) is 10.0 Å². The maximum absolute atomic E-state index is 12.6. The zero-order valence-electron chi connectivity index (χ0n) is 26.0. The van der Waals surface area contributed by atoms with Crippen molar-refractivity contribution < 1.29 is 23.0 Å². The Morgan fingerprint density at radius 3 is 1.36 bits per heavy atom. The van der Waals surface area contributed by atoms with Gasteiger partial charge in [-0.1, -0.05) is 85.6 Å². The van der Waals surface area contributed by atoms with E-state index < -0.39 is 13.3 Å². The second-order valence-electron chi connectivity index (χ2n) is 12.0. The van der Waals surface area contributed by atoms with Crippen molar-refractivity contribution in [1.82, 2.24) is 0 Å². The summed E-state index contributed by atoms with van der Waals surface area (Å²) in [6, 6.07) is 31.7. The summed E-state index contributed by atoms with van der Waals surface area (Å²) in [6.45, 7) is 4.50. The van der Waals surface area contributed by atoms with Gasteiger partial charge in [0.15, 0.2) is 0 Å². The molecule has 0 heterocycles. The summed E-state index contributed by atoms with van der Waals surface area (Å²) in [5, 5.41) is 1.38. The van der Waals surface area contributed by atoms with E-state index in [1.54, 1.807) is 0 Å². The second-order valence-corrected chi connectivity index (χ2v) is 12.9. The smallest absolute Gasteiger partial charge is 0.123 e. The molecule has 45 heavy (non-hydrogen) atoms. The third-order valence-electron chi connectivity index (χ3n) is 8.34. The maximum atomic E-state index is 12.6. The molecule has 0 bridgehead atoms. The van der Waals surface area contributed by atoms with E-state index in [1.807, 2.05) is 60.7 Å². The molecule has 0 aliphatic carbocycles. The average Bonchev–Trinajstić information content (AvgIpc) is 3.05. The molecule has 0 fully saturated rings. The Bertz CT molecular complexity index is 1350. The first kappa shape index (κ1) is 34.7. The van der Waals surface area contributed by atoms with Crippen molar-refractivity contribution in [2.24, 2.45) is 0 Å². The highest BCUT2D eigenvalue weighted by atomic mass is 35.5. The summed E-state index contributed by atoms with van der Waals surface area (Å²) in [5.74, 6) is 1.35. The number of benzene rings is 4. The summed E-state index contributed by atoms with van der Waals surface area (Å²) in [4.78, 5) is 0. The number of alkyl halides is 2. The molecule has 4 aromatic carbocycles. The fraction of sp³-hybridized carbons (Fsp3) is 0.368. The van der Waals surface area contributed by atoms with Crippen LogP contribution in [0.4, 0.5) is 8.78 Å². The summed E-state index contributed by atoms with van der Waals surface area (Å²) < 4.78 is 43.0. The van der Waals surface area contributed by atoms with Crippen molar-refractivity contribution in [3.8, 4) is 11.5 Å². The second kappa shape index (κ2) is 17.0. The van der Waals surface area contributed by atoms with Crippen molar-refractivity contribution in [3.05, 3.63) is 129 Å². The minimum absolute atomic E-state index is 0.0462. The summed E-state index contributed by atoms with van der Waals surface area (Å²) in [7, 11) is 0. The van der Waals surface area contributed by atoms with Gasteiger partial charge in [-0.05, 0) is 96.5 Å². The molecular formula is C38H42Cl2F2O3. The number of ether oxygens (including phenoxy) is 3. The van der Waals surface area contributed by atoms with Gasteiger partial charge >= 0.3 is 0 Å². The molecule has 0 saturated heterocycles. The van der Waals surface area contributed by atoms with Crippen LogP contribution in [-0.2, 0) is 28.4 Å². The predicted octanol–water partition coefficient (Wildman–Crippen LogP) is 10.2. The van der Waals surface area contributed by atoms with Crippen LogP contribution < -0.4 is 9.47 Å². The zero-order chi connectivity index (χ0) is 32.1. The highest BCUT2D eigenvalue weighted by Gasteiger charge is 2.31. The van der Waals surface area contributed by atoms with Crippen LogP contribution >= 0.6 is 23.2 Å². The third kappa shape index (κ3) is 10.5. The average molecular weight is 656 g/mol. The normalized spacial score (nSPS) is 14.0. The van der Waals surface area contributed by atoms with Gasteiger partial charge in [0.2, 0.25) is 0 Å². The Kier molecular flexibility index (Phi) is 13.1. The first-order chi connectivity index (χ1) is 21.7. The molecule has 0 aliphatic rings. The predicted molar refractivity (Wildman–Crippen MR) is 181 cm³/mol. The van der Waals surface area contributed by atoms with Crippen molar-refractivity contribution in [3.63, 3.8) is 0 Å². The van der Waals surface area contributed by atoms with Gasteiger partial charge in [0, 0.05) is 20.9 Å². The molecular weight excluding hydrogens is 613 g/mol. The van der Waals surface area contributed by atoms with E-state index in [4.69, 9.17) is 37.4 Å². The Morgan fingerprint density at radius 1 is 0.578 bits per heavy atom.